The van der Waals surface area contributed by atoms with E-state index in [0.29, 0.717) is 0 Å². The Hall–Kier alpha value is -0.780. The maximum absolute atomic E-state index is 11.9. The minimum atomic E-state index is -4.37. The second kappa shape index (κ2) is 3.30. The van der Waals surface area contributed by atoms with Crippen molar-refractivity contribution in [2.24, 2.45) is 0 Å². The van der Waals surface area contributed by atoms with E-state index in [2.05, 4.69) is 22.6 Å². The largest absolute Gasteiger partial charge is 0.419 e. The summed E-state index contributed by atoms with van der Waals surface area (Å²) >= 11 is 3.81. The van der Waals surface area contributed by atoms with Crippen LogP contribution in [-0.2, 0) is 11.9 Å². The minimum absolute atomic E-state index is 0.234. The first-order chi connectivity index (χ1) is 5.54. The molecule has 0 aliphatic heterocycles. The SMILES string of the molecule is FC(F)(F)c1cnc(CS)nc1. The fraction of sp³-hybridized carbons (Fsp3) is 0.333. The molecule has 0 saturated carbocycles. The number of alkyl halides is 3. The van der Waals surface area contributed by atoms with Gasteiger partial charge in [0.25, 0.3) is 0 Å². The van der Waals surface area contributed by atoms with Crippen LogP contribution < -0.4 is 0 Å². The third-order valence-electron chi connectivity index (χ3n) is 1.17. The number of hydrogen-bond donors (Lipinski definition) is 1. The van der Waals surface area contributed by atoms with Crippen molar-refractivity contribution in [3.05, 3.63) is 23.8 Å². The van der Waals surface area contributed by atoms with E-state index in [1.54, 1.807) is 0 Å². The average Bonchev–Trinajstić information content (AvgIpc) is 2.03. The second-order valence-corrected chi connectivity index (χ2v) is 2.36. The van der Waals surface area contributed by atoms with Crippen LogP contribution >= 0.6 is 12.6 Å². The van der Waals surface area contributed by atoms with Gasteiger partial charge in [0, 0.05) is 12.4 Å². The van der Waals surface area contributed by atoms with E-state index in [9.17, 15) is 13.2 Å². The molecule has 0 aliphatic rings. The van der Waals surface area contributed by atoms with Gasteiger partial charge in [0.15, 0.2) is 0 Å². The standard InChI is InChI=1S/C6H5F3N2S/c7-6(8,9)4-1-10-5(3-12)11-2-4/h1-2,12H,3H2. The molecule has 0 saturated heterocycles. The van der Waals surface area contributed by atoms with E-state index < -0.39 is 11.7 Å². The maximum Gasteiger partial charge on any atom is 0.419 e. The quantitative estimate of drug-likeness (QED) is 0.691. The van der Waals surface area contributed by atoms with E-state index in [1.807, 2.05) is 0 Å². The van der Waals surface area contributed by atoms with Gasteiger partial charge in [-0.2, -0.15) is 25.8 Å². The van der Waals surface area contributed by atoms with E-state index >= 15 is 0 Å². The van der Waals surface area contributed by atoms with E-state index in [4.69, 9.17) is 0 Å². The first-order valence-electron chi connectivity index (χ1n) is 3.03. The maximum atomic E-state index is 11.9. The summed E-state index contributed by atoms with van der Waals surface area (Å²) in [5.41, 5.74) is -0.840. The Morgan fingerprint density at radius 2 is 1.75 bits per heavy atom. The summed E-state index contributed by atoms with van der Waals surface area (Å²) in [5.74, 6) is 0.518. The smallest absolute Gasteiger partial charge is 0.240 e. The van der Waals surface area contributed by atoms with Crippen molar-refractivity contribution in [2.45, 2.75) is 11.9 Å². The molecule has 1 aromatic rings. The van der Waals surface area contributed by atoms with Crippen molar-refractivity contribution in [2.75, 3.05) is 0 Å². The summed E-state index contributed by atoms with van der Waals surface area (Å²) in [6.07, 6.45) is -2.87. The molecule has 1 aromatic heterocycles. The Kier molecular flexibility index (Phi) is 2.56. The molecule has 0 aromatic carbocycles. The highest BCUT2D eigenvalue weighted by Crippen LogP contribution is 2.27. The third kappa shape index (κ3) is 2.10. The molecule has 0 atom stereocenters. The molecule has 2 nitrogen and oxygen atoms in total. The first-order valence-corrected chi connectivity index (χ1v) is 3.66. The van der Waals surface area contributed by atoms with Crippen LogP contribution in [0.4, 0.5) is 13.2 Å². The monoisotopic (exact) mass is 194 g/mol. The van der Waals surface area contributed by atoms with Crippen molar-refractivity contribution < 1.29 is 13.2 Å². The fourth-order valence-electron chi connectivity index (χ4n) is 0.583. The fourth-order valence-corrected chi connectivity index (χ4v) is 0.746. The van der Waals surface area contributed by atoms with Crippen molar-refractivity contribution in [3.63, 3.8) is 0 Å². The van der Waals surface area contributed by atoms with Gasteiger partial charge in [0.1, 0.15) is 5.82 Å². The molecule has 0 unspecified atom stereocenters. The van der Waals surface area contributed by atoms with Crippen LogP contribution in [0.25, 0.3) is 0 Å². The lowest BCUT2D eigenvalue weighted by atomic mass is 10.3. The summed E-state index contributed by atoms with van der Waals surface area (Å²) in [6, 6.07) is 0. The van der Waals surface area contributed by atoms with Crippen molar-refractivity contribution in [1.82, 2.24) is 9.97 Å². The van der Waals surface area contributed by atoms with Crippen LogP contribution in [0.5, 0.6) is 0 Å². The molecule has 0 N–H and O–H groups in total. The van der Waals surface area contributed by atoms with Crippen molar-refractivity contribution in [3.8, 4) is 0 Å². The van der Waals surface area contributed by atoms with Gasteiger partial charge in [0.05, 0.1) is 11.3 Å². The van der Waals surface area contributed by atoms with Crippen LogP contribution in [0.2, 0.25) is 0 Å². The summed E-state index contributed by atoms with van der Waals surface area (Å²) < 4.78 is 35.8. The topological polar surface area (TPSA) is 25.8 Å². The van der Waals surface area contributed by atoms with Crippen LogP contribution in [0.1, 0.15) is 11.4 Å². The van der Waals surface area contributed by atoms with Gasteiger partial charge in [0.2, 0.25) is 0 Å². The lowest BCUT2D eigenvalue weighted by Crippen LogP contribution is -2.07. The predicted molar refractivity (Wildman–Crippen MR) is 39.7 cm³/mol. The molecule has 0 radical (unpaired) electrons. The van der Waals surface area contributed by atoms with Gasteiger partial charge in [-0.15, -0.1) is 0 Å². The number of halogens is 3. The van der Waals surface area contributed by atoms with Gasteiger partial charge in [-0.05, 0) is 0 Å². The average molecular weight is 194 g/mol. The molecule has 0 aliphatic carbocycles. The number of nitrogens with zero attached hydrogens (tertiary/aromatic N) is 2. The summed E-state index contributed by atoms with van der Waals surface area (Å²) in [5, 5.41) is 0. The van der Waals surface area contributed by atoms with Crippen LogP contribution in [0.3, 0.4) is 0 Å². The summed E-state index contributed by atoms with van der Waals surface area (Å²) in [4.78, 5) is 6.91. The summed E-state index contributed by atoms with van der Waals surface area (Å²) in [7, 11) is 0. The Morgan fingerprint density at radius 3 is 2.08 bits per heavy atom. The van der Waals surface area contributed by atoms with E-state index in [1.165, 1.54) is 0 Å². The zero-order valence-corrected chi connectivity index (χ0v) is 6.73. The van der Waals surface area contributed by atoms with E-state index in [-0.39, 0.29) is 11.6 Å². The van der Waals surface area contributed by atoms with Gasteiger partial charge < -0.3 is 0 Å². The molecule has 66 valence electrons. The van der Waals surface area contributed by atoms with Gasteiger partial charge in [-0.25, -0.2) is 9.97 Å². The van der Waals surface area contributed by atoms with Crippen LogP contribution in [0, 0.1) is 0 Å². The van der Waals surface area contributed by atoms with Gasteiger partial charge in [-0.1, -0.05) is 0 Å². The summed E-state index contributed by atoms with van der Waals surface area (Å²) in [6.45, 7) is 0. The van der Waals surface area contributed by atoms with Crippen molar-refractivity contribution in [1.29, 1.82) is 0 Å². The van der Waals surface area contributed by atoms with Crippen LogP contribution in [0.15, 0.2) is 12.4 Å². The van der Waals surface area contributed by atoms with Gasteiger partial charge in [-0.3, -0.25) is 0 Å². The lowest BCUT2D eigenvalue weighted by Gasteiger charge is -2.04. The van der Waals surface area contributed by atoms with Crippen LogP contribution in [-0.4, -0.2) is 9.97 Å². The number of thiol groups is 1. The predicted octanol–water partition coefficient (Wildman–Crippen LogP) is 1.93. The molecule has 0 amide bonds. The normalized spacial score (nSPS) is 11.7. The molecule has 1 rings (SSSR count). The Bertz CT molecular complexity index is 256. The van der Waals surface area contributed by atoms with Crippen molar-refractivity contribution >= 4 is 12.6 Å². The number of rotatable bonds is 1. The first kappa shape index (κ1) is 9.31. The number of hydrogen-bond acceptors (Lipinski definition) is 3. The molecular formula is C6H5F3N2S. The molecular weight excluding hydrogens is 189 g/mol. The highest BCUT2D eigenvalue weighted by Gasteiger charge is 2.31. The molecule has 0 spiro atoms. The minimum Gasteiger partial charge on any atom is -0.240 e. The second-order valence-electron chi connectivity index (χ2n) is 2.04. The van der Waals surface area contributed by atoms with Gasteiger partial charge >= 0.3 is 6.18 Å². The molecule has 6 heteroatoms. The molecule has 0 bridgehead atoms. The Morgan fingerprint density at radius 1 is 1.25 bits per heavy atom. The highest BCUT2D eigenvalue weighted by molar-refractivity contribution is 7.79. The lowest BCUT2D eigenvalue weighted by molar-refractivity contribution is -0.138. The highest BCUT2D eigenvalue weighted by atomic mass is 32.1. The zero-order chi connectivity index (χ0) is 9.19. The Labute approximate surface area is 72.3 Å². The Balaban J connectivity index is 2.93. The number of aromatic nitrogens is 2. The molecule has 1 heterocycles. The zero-order valence-electron chi connectivity index (χ0n) is 5.84. The van der Waals surface area contributed by atoms with E-state index in [0.717, 1.165) is 12.4 Å². The molecule has 0 fully saturated rings. The third-order valence-corrected chi connectivity index (χ3v) is 1.46. The molecule has 12 heavy (non-hydrogen) atoms.